The van der Waals surface area contributed by atoms with E-state index in [1.165, 1.54) is 17.4 Å². The van der Waals surface area contributed by atoms with Crippen LogP contribution in [0.3, 0.4) is 0 Å². The van der Waals surface area contributed by atoms with Gasteiger partial charge in [0.1, 0.15) is 17.6 Å². The summed E-state index contributed by atoms with van der Waals surface area (Å²) < 4.78 is 30.9. The van der Waals surface area contributed by atoms with Crippen LogP contribution in [0.1, 0.15) is 33.6 Å². The molecule has 0 radical (unpaired) electrons. The number of hydrogen-bond acceptors (Lipinski definition) is 7. The van der Waals surface area contributed by atoms with Crippen molar-refractivity contribution in [1.29, 1.82) is 5.26 Å². The molecule has 1 aromatic carbocycles. The van der Waals surface area contributed by atoms with Crippen molar-refractivity contribution in [2.24, 2.45) is 0 Å². The normalized spacial score (nSPS) is 13.0. The second kappa shape index (κ2) is 9.87. The van der Waals surface area contributed by atoms with Gasteiger partial charge in [0.05, 0.1) is 5.56 Å². The molecule has 0 bridgehead atoms. The smallest absolute Gasteiger partial charge is 0.321 e. The molecule has 3 rings (SSSR count). The van der Waals surface area contributed by atoms with Gasteiger partial charge in [-0.1, -0.05) is 29.8 Å². The fourth-order valence-corrected chi connectivity index (χ4v) is 5.03. The average molecular weight is 460 g/mol. The second-order valence-electron chi connectivity index (χ2n) is 6.96. The molecule has 10 heteroatoms. The maximum Gasteiger partial charge on any atom is 0.321 e. The van der Waals surface area contributed by atoms with E-state index >= 15 is 0 Å². The van der Waals surface area contributed by atoms with Gasteiger partial charge in [0.25, 0.3) is 5.91 Å². The monoisotopic (exact) mass is 459 g/mol. The van der Waals surface area contributed by atoms with Crippen LogP contribution in [0.2, 0.25) is 0 Å². The van der Waals surface area contributed by atoms with E-state index in [0.29, 0.717) is 16.1 Å². The van der Waals surface area contributed by atoms with Crippen LogP contribution in [0.5, 0.6) is 0 Å². The Balaban J connectivity index is 1.45. The SMILES string of the molecule is Cc1ccc(/C=C/S(=O)(=O)NCC(=O)OCC(=O)Nc2sc3c(c2C#N)CCC3)cc1. The van der Waals surface area contributed by atoms with Gasteiger partial charge in [0.2, 0.25) is 10.0 Å². The molecule has 0 saturated carbocycles. The fourth-order valence-electron chi connectivity index (χ4n) is 3.02. The maximum absolute atomic E-state index is 12.1. The first-order valence-corrected chi connectivity index (χ1v) is 11.9. The largest absolute Gasteiger partial charge is 0.455 e. The molecule has 0 aliphatic heterocycles. The molecule has 1 heterocycles. The molecule has 0 unspecified atom stereocenters. The van der Waals surface area contributed by atoms with Gasteiger partial charge in [0, 0.05) is 10.3 Å². The van der Waals surface area contributed by atoms with Crippen molar-refractivity contribution in [2.75, 3.05) is 18.5 Å². The highest BCUT2D eigenvalue weighted by atomic mass is 32.2. The van der Waals surface area contributed by atoms with Crippen molar-refractivity contribution in [3.05, 3.63) is 56.8 Å². The lowest BCUT2D eigenvalue weighted by atomic mass is 10.1. The number of rotatable bonds is 8. The Kier molecular flexibility index (Phi) is 7.22. The zero-order valence-electron chi connectivity index (χ0n) is 16.8. The third kappa shape index (κ3) is 6.24. The van der Waals surface area contributed by atoms with Gasteiger partial charge in [-0.2, -0.15) is 5.26 Å². The zero-order valence-corrected chi connectivity index (χ0v) is 18.4. The van der Waals surface area contributed by atoms with Gasteiger partial charge in [0.15, 0.2) is 6.61 Å². The molecule has 0 atom stereocenters. The van der Waals surface area contributed by atoms with Crippen molar-refractivity contribution in [3.63, 3.8) is 0 Å². The highest BCUT2D eigenvalue weighted by Crippen LogP contribution is 2.38. The molecular weight excluding hydrogens is 438 g/mol. The first kappa shape index (κ1) is 22.7. The van der Waals surface area contributed by atoms with E-state index in [-0.39, 0.29) is 0 Å². The summed E-state index contributed by atoms with van der Waals surface area (Å²) in [4.78, 5) is 24.9. The van der Waals surface area contributed by atoms with Crippen molar-refractivity contribution in [3.8, 4) is 6.07 Å². The third-order valence-corrected chi connectivity index (χ3v) is 6.83. The highest BCUT2D eigenvalue weighted by Gasteiger charge is 2.23. The minimum atomic E-state index is -3.85. The number of nitrogens with one attached hydrogen (secondary N) is 2. The van der Waals surface area contributed by atoms with Crippen LogP contribution in [0.4, 0.5) is 5.00 Å². The summed E-state index contributed by atoms with van der Waals surface area (Å²) in [6, 6.07) is 9.36. The van der Waals surface area contributed by atoms with Crippen LogP contribution in [-0.4, -0.2) is 33.4 Å². The van der Waals surface area contributed by atoms with Gasteiger partial charge in [-0.25, -0.2) is 13.1 Å². The Hall–Kier alpha value is -3.00. The number of nitrogens with zero attached hydrogens (tertiary/aromatic N) is 1. The molecule has 2 aromatic rings. The predicted molar refractivity (Wildman–Crippen MR) is 118 cm³/mol. The number of nitriles is 1. The lowest BCUT2D eigenvalue weighted by Gasteiger charge is -2.06. The van der Waals surface area contributed by atoms with Crippen LogP contribution >= 0.6 is 11.3 Å². The van der Waals surface area contributed by atoms with Crippen LogP contribution < -0.4 is 10.0 Å². The summed E-state index contributed by atoms with van der Waals surface area (Å²) in [5.41, 5.74) is 3.20. The Labute approximate surface area is 184 Å². The molecule has 31 heavy (non-hydrogen) atoms. The van der Waals surface area contributed by atoms with E-state index < -0.39 is 35.1 Å². The minimum Gasteiger partial charge on any atom is -0.455 e. The van der Waals surface area contributed by atoms with E-state index in [4.69, 9.17) is 4.74 Å². The van der Waals surface area contributed by atoms with Gasteiger partial charge in [-0.3, -0.25) is 9.59 Å². The molecule has 0 spiro atoms. The van der Waals surface area contributed by atoms with Crippen molar-refractivity contribution in [2.45, 2.75) is 26.2 Å². The first-order chi connectivity index (χ1) is 14.8. The number of ether oxygens (including phenoxy) is 1. The maximum atomic E-state index is 12.1. The highest BCUT2D eigenvalue weighted by molar-refractivity contribution is 7.92. The van der Waals surface area contributed by atoms with Crippen LogP contribution in [0.15, 0.2) is 29.7 Å². The number of anilines is 1. The molecule has 1 aliphatic rings. The van der Waals surface area contributed by atoms with Crippen molar-refractivity contribution >= 4 is 44.3 Å². The number of thiophene rings is 1. The number of fused-ring (bicyclic) bond motifs is 1. The molecule has 162 valence electrons. The average Bonchev–Trinajstić information content (AvgIpc) is 3.31. The Bertz CT molecular complexity index is 1160. The molecule has 2 N–H and O–H groups in total. The quantitative estimate of drug-likeness (QED) is 0.584. The third-order valence-electron chi connectivity index (χ3n) is 4.58. The molecule has 1 aliphatic carbocycles. The molecular formula is C21H21N3O5S2. The van der Waals surface area contributed by atoms with E-state index in [1.54, 1.807) is 12.1 Å². The number of carbonyl (C=O) groups excluding carboxylic acids is 2. The predicted octanol–water partition coefficient (Wildman–Crippen LogP) is 2.49. The fraction of sp³-hybridized carbons (Fsp3) is 0.286. The van der Waals surface area contributed by atoms with Crippen LogP contribution in [-0.2, 0) is 37.2 Å². The summed E-state index contributed by atoms with van der Waals surface area (Å²) >= 11 is 1.36. The first-order valence-electron chi connectivity index (χ1n) is 9.52. The van der Waals surface area contributed by atoms with E-state index in [0.717, 1.165) is 40.7 Å². The Morgan fingerprint density at radius 2 is 2.00 bits per heavy atom. The zero-order chi connectivity index (χ0) is 22.4. The molecule has 1 aromatic heterocycles. The standard InChI is InChI=1S/C21H21N3O5S2/c1-14-5-7-15(8-6-14)9-10-31(27,28)23-12-20(26)29-13-19(25)24-21-17(11-22)16-3-2-4-18(16)30-21/h5-10,23H,2-4,12-13H2,1H3,(H,24,25)/b10-9+. The summed E-state index contributed by atoms with van der Waals surface area (Å²) in [6.07, 6.45) is 4.11. The summed E-state index contributed by atoms with van der Waals surface area (Å²) in [7, 11) is -3.85. The Morgan fingerprint density at radius 3 is 2.71 bits per heavy atom. The number of benzene rings is 1. The molecule has 0 fully saturated rings. The Morgan fingerprint density at radius 1 is 1.26 bits per heavy atom. The summed E-state index contributed by atoms with van der Waals surface area (Å²) in [5.74, 6) is -1.48. The molecule has 1 amide bonds. The topological polar surface area (TPSA) is 125 Å². The number of aryl methyl sites for hydroxylation is 2. The van der Waals surface area contributed by atoms with Crippen LogP contribution in [0.25, 0.3) is 6.08 Å². The van der Waals surface area contributed by atoms with E-state index in [2.05, 4.69) is 16.1 Å². The second-order valence-corrected chi connectivity index (χ2v) is 9.72. The number of carbonyl (C=O) groups is 2. The van der Waals surface area contributed by atoms with Gasteiger partial charge in [-0.05, 0) is 43.4 Å². The van der Waals surface area contributed by atoms with Gasteiger partial charge >= 0.3 is 5.97 Å². The number of sulfonamides is 1. The molecule has 0 saturated heterocycles. The number of esters is 1. The van der Waals surface area contributed by atoms with Crippen molar-refractivity contribution < 1.29 is 22.7 Å². The van der Waals surface area contributed by atoms with E-state index in [9.17, 15) is 23.3 Å². The van der Waals surface area contributed by atoms with Crippen molar-refractivity contribution in [1.82, 2.24) is 4.72 Å². The lowest BCUT2D eigenvalue weighted by molar-refractivity contribution is -0.146. The molecule has 8 nitrogen and oxygen atoms in total. The minimum absolute atomic E-state index is 0.454. The summed E-state index contributed by atoms with van der Waals surface area (Å²) in [5, 5.41) is 13.3. The number of hydrogen-bond donors (Lipinski definition) is 2. The number of amides is 1. The van der Waals surface area contributed by atoms with E-state index in [1.807, 2.05) is 19.1 Å². The van der Waals surface area contributed by atoms with Gasteiger partial charge in [-0.15, -0.1) is 11.3 Å². The van der Waals surface area contributed by atoms with Crippen LogP contribution in [0, 0.1) is 18.3 Å². The summed E-state index contributed by atoms with van der Waals surface area (Å²) in [6.45, 7) is 0.741. The lowest BCUT2D eigenvalue weighted by Crippen LogP contribution is -2.31. The van der Waals surface area contributed by atoms with Gasteiger partial charge < -0.3 is 10.1 Å².